The minimum Gasteiger partial charge on any atom is -0.382 e. The third-order valence-corrected chi connectivity index (χ3v) is 2.50. The Morgan fingerprint density at radius 1 is 1.30 bits per heavy atom. The summed E-state index contributed by atoms with van der Waals surface area (Å²) >= 11 is 0. The quantitative estimate of drug-likeness (QED) is 0.772. The number of hydrogen-bond donors (Lipinski definition) is 3. The molecular formula is C12H16ClF3N2O2. The zero-order valence-corrected chi connectivity index (χ0v) is 11.2. The molecule has 1 aromatic rings. The molecule has 4 nitrogen and oxygen atoms in total. The maximum absolute atomic E-state index is 12.0. The van der Waals surface area contributed by atoms with Crippen molar-refractivity contribution < 1.29 is 23.1 Å². The fourth-order valence-electron chi connectivity index (χ4n) is 1.42. The Morgan fingerprint density at radius 3 is 2.35 bits per heavy atom. The van der Waals surface area contributed by atoms with E-state index >= 15 is 0 Å². The predicted molar refractivity (Wildman–Crippen MR) is 70.3 cm³/mol. The molecule has 0 aliphatic rings. The second-order valence-electron chi connectivity index (χ2n) is 4.08. The number of hydrogen-bond acceptors (Lipinski definition) is 3. The van der Waals surface area contributed by atoms with E-state index in [9.17, 15) is 18.0 Å². The summed E-state index contributed by atoms with van der Waals surface area (Å²) in [6, 6.07) is 8.14. The Hall–Kier alpha value is -1.31. The van der Waals surface area contributed by atoms with Gasteiger partial charge in [-0.25, -0.2) is 0 Å². The van der Waals surface area contributed by atoms with Gasteiger partial charge in [-0.05, 0) is 5.56 Å². The van der Waals surface area contributed by atoms with Crippen LogP contribution in [0, 0.1) is 0 Å². The minimum atomic E-state index is -4.74. The summed E-state index contributed by atoms with van der Waals surface area (Å²) in [5.41, 5.74) is 6.46. The van der Waals surface area contributed by atoms with E-state index in [2.05, 4.69) is 0 Å². The van der Waals surface area contributed by atoms with Crippen LogP contribution in [0.2, 0.25) is 0 Å². The number of benzene rings is 1. The molecule has 2 unspecified atom stereocenters. The largest absolute Gasteiger partial charge is 0.416 e. The first-order valence-corrected chi connectivity index (χ1v) is 5.62. The average Bonchev–Trinajstić information content (AvgIpc) is 2.35. The van der Waals surface area contributed by atoms with Gasteiger partial charge < -0.3 is 16.2 Å². The van der Waals surface area contributed by atoms with E-state index in [0.717, 1.165) is 0 Å². The second kappa shape index (κ2) is 8.08. The molecule has 0 heterocycles. The molecule has 0 aromatic heterocycles. The summed E-state index contributed by atoms with van der Waals surface area (Å²) in [4.78, 5) is 11.4. The first kappa shape index (κ1) is 18.7. The number of aliphatic hydroxyl groups excluding tert-OH is 1. The smallest absolute Gasteiger partial charge is 0.382 e. The Labute approximate surface area is 120 Å². The van der Waals surface area contributed by atoms with Crippen molar-refractivity contribution in [2.75, 3.05) is 6.54 Å². The van der Waals surface area contributed by atoms with Crippen molar-refractivity contribution in [2.24, 2.45) is 5.73 Å². The van der Waals surface area contributed by atoms with Gasteiger partial charge in [-0.2, -0.15) is 13.2 Å². The number of amides is 1. The number of halogens is 4. The van der Waals surface area contributed by atoms with Gasteiger partial charge in [-0.1, -0.05) is 30.3 Å². The summed E-state index contributed by atoms with van der Waals surface area (Å²) in [7, 11) is 0. The molecule has 0 saturated heterocycles. The maximum atomic E-state index is 12.0. The Morgan fingerprint density at radius 2 is 1.85 bits per heavy atom. The van der Waals surface area contributed by atoms with Crippen molar-refractivity contribution in [3.8, 4) is 0 Å². The Balaban J connectivity index is 0.00000361. The van der Waals surface area contributed by atoms with Gasteiger partial charge in [0, 0.05) is 12.5 Å². The van der Waals surface area contributed by atoms with E-state index in [1.807, 2.05) is 5.32 Å². The molecule has 114 valence electrons. The molecular weight excluding hydrogens is 297 g/mol. The molecule has 0 saturated carbocycles. The van der Waals surface area contributed by atoms with E-state index in [0.29, 0.717) is 5.56 Å². The van der Waals surface area contributed by atoms with Crippen molar-refractivity contribution in [2.45, 2.75) is 24.7 Å². The fourth-order valence-corrected chi connectivity index (χ4v) is 1.42. The summed E-state index contributed by atoms with van der Waals surface area (Å²) in [6.07, 6.45) is -7.45. The van der Waals surface area contributed by atoms with Gasteiger partial charge in [-0.3, -0.25) is 4.79 Å². The minimum absolute atomic E-state index is 0. The number of carbonyl (C=O) groups is 1. The molecule has 2 atom stereocenters. The lowest BCUT2D eigenvalue weighted by Gasteiger charge is -2.16. The average molecular weight is 313 g/mol. The molecule has 0 spiro atoms. The number of aliphatic hydroxyl groups is 1. The summed E-state index contributed by atoms with van der Waals surface area (Å²) in [5.74, 6) is -0.639. The van der Waals surface area contributed by atoms with E-state index < -0.39 is 30.8 Å². The zero-order chi connectivity index (χ0) is 14.5. The van der Waals surface area contributed by atoms with E-state index in [-0.39, 0.29) is 18.8 Å². The van der Waals surface area contributed by atoms with Gasteiger partial charge in [0.15, 0.2) is 6.10 Å². The second-order valence-corrected chi connectivity index (χ2v) is 4.08. The van der Waals surface area contributed by atoms with Crippen LogP contribution in [0.25, 0.3) is 0 Å². The van der Waals surface area contributed by atoms with Crippen LogP contribution in [0.4, 0.5) is 13.2 Å². The predicted octanol–water partition coefficient (Wildman–Crippen LogP) is 1.54. The molecule has 8 heteroatoms. The number of alkyl halides is 3. The van der Waals surface area contributed by atoms with Crippen LogP contribution >= 0.6 is 12.4 Å². The highest BCUT2D eigenvalue weighted by atomic mass is 35.5. The fraction of sp³-hybridized carbons (Fsp3) is 0.417. The number of nitrogens with one attached hydrogen (secondary N) is 1. The standard InChI is InChI=1S/C12H15F3N2O2.ClH/c13-12(14,15)10(18)7-17-11(19)6-9(16)8-4-2-1-3-5-8;/h1-5,9-10,18H,6-7,16H2,(H,17,19);1H. The van der Waals surface area contributed by atoms with E-state index in [4.69, 9.17) is 10.8 Å². The molecule has 0 fully saturated rings. The van der Waals surface area contributed by atoms with Crippen LogP contribution in [0.1, 0.15) is 18.0 Å². The highest BCUT2D eigenvalue weighted by Crippen LogP contribution is 2.19. The lowest BCUT2D eigenvalue weighted by atomic mass is 10.0. The topological polar surface area (TPSA) is 75.4 Å². The molecule has 0 aliphatic carbocycles. The first-order valence-electron chi connectivity index (χ1n) is 5.62. The SMILES string of the molecule is Cl.NC(CC(=O)NCC(O)C(F)(F)F)c1ccccc1. The highest BCUT2D eigenvalue weighted by molar-refractivity contribution is 5.85. The van der Waals surface area contributed by atoms with Crippen LogP contribution in [-0.4, -0.2) is 29.8 Å². The molecule has 1 aromatic carbocycles. The molecule has 0 bridgehead atoms. The van der Waals surface area contributed by atoms with Crippen molar-refractivity contribution in [1.29, 1.82) is 0 Å². The van der Waals surface area contributed by atoms with Gasteiger partial charge in [0.05, 0.1) is 6.54 Å². The Kier molecular flexibility index (Phi) is 7.55. The van der Waals surface area contributed by atoms with Crippen LogP contribution in [0.5, 0.6) is 0 Å². The third kappa shape index (κ3) is 6.23. The van der Waals surface area contributed by atoms with Crippen LogP contribution in [0.3, 0.4) is 0 Å². The van der Waals surface area contributed by atoms with Crippen molar-refractivity contribution in [1.82, 2.24) is 5.32 Å². The molecule has 0 radical (unpaired) electrons. The first-order chi connectivity index (χ1) is 8.80. The van der Waals surface area contributed by atoms with Crippen molar-refractivity contribution in [3.63, 3.8) is 0 Å². The molecule has 1 amide bonds. The van der Waals surface area contributed by atoms with Gasteiger partial charge in [-0.15, -0.1) is 12.4 Å². The normalized spacial score (nSPS) is 14.1. The van der Waals surface area contributed by atoms with Crippen LogP contribution in [0.15, 0.2) is 30.3 Å². The van der Waals surface area contributed by atoms with Gasteiger partial charge in [0.2, 0.25) is 5.91 Å². The van der Waals surface area contributed by atoms with Gasteiger partial charge in [0.1, 0.15) is 0 Å². The number of nitrogens with two attached hydrogens (primary N) is 1. The maximum Gasteiger partial charge on any atom is 0.416 e. The molecule has 20 heavy (non-hydrogen) atoms. The number of carbonyl (C=O) groups excluding carboxylic acids is 1. The highest BCUT2D eigenvalue weighted by Gasteiger charge is 2.38. The van der Waals surface area contributed by atoms with Gasteiger partial charge in [0.25, 0.3) is 0 Å². The van der Waals surface area contributed by atoms with E-state index in [1.165, 1.54) is 0 Å². The molecule has 4 N–H and O–H groups in total. The van der Waals surface area contributed by atoms with Crippen LogP contribution in [-0.2, 0) is 4.79 Å². The lowest BCUT2D eigenvalue weighted by molar-refractivity contribution is -0.201. The van der Waals surface area contributed by atoms with E-state index in [1.54, 1.807) is 30.3 Å². The Bertz CT molecular complexity index is 415. The molecule has 1 rings (SSSR count). The summed E-state index contributed by atoms with van der Waals surface area (Å²) in [6.45, 7) is -0.871. The van der Waals surface area contributed by atoms with Crippen molar-refractivity contribution in [3.05, 3.63) is 35.9 Å². The van der Waals surface area contributed by atoms with Crippen molar-refractivity contribution >= 4 is 18.3 Å². The monoisotopic (exact) mass is 312 g/mol. The molecule has 0 aliphatic heterocycles. The van der Waals surface area contributed by atoms with Crippen LogP contribution < -0.4 is 11.1 Å². The third-order valence-electron chi connectivity index (χ3n) is 2.50. The van der Waals surface area contributed by atoms with Gasteiger partial charge >= 0.3 is 6.18 Å². The number of rotatable bonds is 5. The zero-order valence-electron chi connectivity index (χ0n) is 10.4. The summed E-state index contributed by atoms with van der Waals surface area (Å²) in [5, 5.41) is 10.7. The summed E-state index contributed by atoms with van der Waals surface area (Å²) < 4.78 is 36.0. The lowest BCUT2D eigenvalue weighted by Crippen LogP contribution is -2.41.